The third-order valence-electron chi connectivity index (χ3n) is 6.03. The van der Waals surface area contributed by atoms with Gasteiger partial charge in [-0.05, 0) is 43.2 Å². The van der Waals surface area contributed by atoms with Gasteiger partial charge in [0.05, 0.1) is 38.0 Å². The Hall–Kier alpha value is -3.62. The van der Waals surface area contributed by atoms with Gasteiger partial charge in [-0.25, -0.2) is 0 Å². The lowest BCUT2D eigenvalue weighted by Gasteiger charge is -2.26. The smallest absolute Gasteiger partial charge is 0.238 e. The van der Waals surface area contributed by atoms with Crippen molar-refractivity contribution in [3.8, 4) is 16.9 Å². The van der Waals surface area contributed by atoms with E-state index in [1.807, 2.05) is 24.3 Å². The molecule has 0 bridgehead atoms. The molecule has 3 aromatic rings. The zero-order valence-electron chi connectivity index (χ0n) is 19.5. The molecule has 0 spiro atoms. The zero-order valence-corrected chi connectivity index (χ0v) is 19.5. The third kappa shape index (κ3) is 6.29. The maximum absolute atomic E-state index is 13.0. The summed E-state index contributed by atoms with van der Waals surface area (Å²) in [6, 6.07) is 12.9. The fraction of sp³-hybridized carbons (Fsp3) is 0.333. The summed E-state index contributed by atoms with van der Waals surface area (Å²) in [5, 5.41) is 2.96. The molecule has 5 rings (SSSR count). The van der Waals surface area contributed by atoms with Gasteiger partial charge in [-0.1, -0.05) is 12.1 Å². The molecule has 1 amide bonds. The predicted molar refractivity (Wildman–Crippen MR) is 131 cm³/mol. The van der Waals surface area contributed by atoms with E-state index < -0.39 is 0 Å². The fourth-order valence-corrected chi connectivity index (χ4v) is 3.92. The molecular formula is C27H28N4O4. The highest BCUT2D eigenvalue weighted by atomic mass is 16.5. The van der Waals surface area contributed by atoms with Crippen molar-refractivity contribution in [3.63, 3.8) is 0 Å². The summed E-state index contributed by atoms with van der Waals surface area (Å²) in [6.45, 7) is 2.99. The van der Waals surface area contributed by atoms with E-state index in [9.17, 15) is 9.59 Å². The van der Waals surface area contributed by atoms with E-state index in [-0.39, 0.29) is 30.8 Å². The number of hydrogen-bond donors (Lipinski definition) is 1. The number of ether oxygens (including phenoxy) is 2. The predicted octanol–water partition coefficient (Wildman–Crippen LogP) is 3.38. The van der Waals surface area contributed by atoms with Crippen molar-refractivity contribution in [1.29, 1.82) is 0 Å². The Kier molecular flexibility index (Phi) is 7.11. The topological polar surface area (TPSA) is 93.7 Å². The second-order valence-electron chi connectivity index (χ2n) is 8.84. The highest BCUT2D eigenvalue weighted by Crippen LogP contribution is 2.33. The summed E-state index contributed by atoms with van der Waals surface area (Å²) in [5.41, 5.74) is 3.63. The molecule has 1 N–H and O–H groups in total. The van der Waals surface area contributed by atoms with E-state index >= 15 is 0 Å². The number of amides is 1. The number of benzene rings is 1. The van der Waals surface area contributed by atoms with Crippen LogP contribution in [0.4, 0.5) is 5.69 Å². The minimum Gasteiger partial charge on any atom is -0.488 e. The minimum atomic E-state index is -0.134. The Bertz CT molecular complexity index is 1170. The molecule has 2 fully saturated rings. The zero-order chi connectivity index (χ0) is 24.0. The average molecular weight is 473 g/mol. The van der Waals surface area contributed by atoms with Gasteiger partial charge < -0.3 is 14.8 Å². The highest BCUT2D eigenvalue weighted by molar-refractivity contribution is 6.00. The average Bonchev–Trinajstić information content (AvgIpc) is 3.71. The van der Waals surface area contributed by atoms with Gasteiger partial charge in [0.1, 0.15) is 5.75 Å². The molecule has 0 unspecified atom stereocenters. The maximum atomic E-state index is 13.0. The number of carbonyl (C=O) groups excluding carboxylic acids is 2. The van der Waals surface area contributed by atoms with Gasteiger partial charge in [-0.2, -0.15) is 0 Å². The monoisotopic (exact) mass is 472 g/mol. The minimum absolute atomic E-state index is 0.0757. The van der Waals surface area contributed by atoms with Gasteiger partial charge in [-0.3, -0.25) is 24.5 Å². The summed E-state index contributed by atoms with van der Waals surface area (Å²) in [4.78, 5) is 36.4. The second-order valence-corrected chi connectivity index (χ2v) is 8.84. The first-order valence-electron chi connectivity index (χ1n) is 11.9. The number of ketones is 1. The van der Waals surface area contributed by atoms with Crippen LogP contribution < -0.4 is 10.1 Å². The van der Waals surface area contributed by atoms with Crippen LogP contribution in [0.15, 0.2) is 61.1 Å². The molecule has 35 heavy (non-hydrogen) atoms. The fourth-order valence-electron chi connectivity index (χ4n) is 3.92. The molecule has 180 valence electrons. The number of pyridine rings is 2. The first-order chi connectivity index (χ1) is 17.1. The van der Waals surface area contributed by atoms with Gasteiger partial charge in [-0.15, -0.1) is 0 Å². The summed E-state index contributed by atoms with van der Waals surface area (Å²) in [7, 11) is 0. The number of hydrogen-bond acceptors (Lipinski definition) is 7. The third-order valence-corrected chi connectivity index (χ3v) is 6.03. The number of nitrogens with one attached hydrogen (secondary N) is 1. The summed E-state index contributed by atoms with van der Waals surface area (Å²) in [5.74, 6) is 0.386. The van der Waals surface area contributed by atoms with Crippen molar-refractivity contribution < 1.29 is 19.1 Å². The lowest BCUT2D eigenvalue weighted by molar-refractivity contribution is -0.118. The van der Waals surface area contributed by atoms with Crippen LogP contribution >= 0.6 is 0 Å². The van der Waals surface area contributed by atoms with Crippen molar-refractivity contribution in [2.45, 2.75) is 25.4 Å². The number of aromatic nitrogens is 2. The molecule has 8 heteroatoms. The number of carbonyl (C=O) groups is 2. The molecular weight excluding hydrogens is 444 g/mol. The number of nitrogens with zero attached hydrogens (tertiary/aromatic N) is 3. The molecule has 1 aliphatic carbocycles. The van der Waals surface area contributed by atoms with Crippen molar-refractivity contribution in [3.05, 3.63) is 72.3 Å². The molecule has 2 aliphatic rings. The first kappa shape index (κ1) is 23.1. The van der Waals surface area contributed by atoms with Crippen LogP contribution in [-0.2, 0) is 16.0 Å². The molecule has 3 heterocycles. The Morgan fingerprint density at radius 2 is 1.89 bits per heavy atom. The number of anilines is 1. The summed E-state index contributed by atoms with van der Waals surface area (Å²) >= 11 is 0. The van der Waals surface area contributed by atoms with Gasteiger partial charge in [0.15, 0.2) is 5.78 Å². The maximum Gasteiger partial charge on any atom is 0.238 e. The molecule has 1 aromatic carbocycles. The number of morpholine rings is 1. The van der Waals surface area contributed by atoms with Crippen molar-refractivity contribution in [2.24, 2.45) is 0 Å². The van der Waals surface area contributed by atoms with Gasteiger partial charge in [0.25, 0.3) is 0 Å². The van der Waals surface area contributed by atoms with E-state index in [1.165, 1.54) is 0 Å². The lowest BCUT2D eigenvalue weighted by atomic mass is 10.0. The molecule has 0 atom stereocenters. The lowest BCUT2D eigenvalue weighted by Crippen LogP contribution is -2.41. The SMILES string of the molecule is O=C(CN1CCOCC1)Nc1cc(C(=O)Cc2ccc(-c3cccnc3)cn2)ccc1OC1CC1. The van der Waals surface area contributed by atoms with E-state index in [1.54, 1.807) is 36.8 Å². The van der Waals surface area contributed by atoms with E-state index in [2.05, 4.69) is 20.2 Å². The molecule has 1 saturated carbocycles. The quantitative estimate of drug-likeness (QED) is 0.477. The van der Waals surface area contributed by atoms with Crippen molar-refractivity contribution >= 4 is 17.4 Å². The van der Waals surface area contributed by atoms with Gasteiger partial charge in [0.2, 0.25) is 5.91 Å². The Morgan fingerprint density at radius 1 is 1.06 bits per heavy atom. The second kappa shape index (κ2) is 10.8. The van der Waals surface area contributed by atoms with Crippen molar-refractivity contribution in [2.75, 3.05) is 38.2 Å². The Balaban J connectivity index is 1.27. The molecule has 2 aromatic heterocycles. The largest absolute Gasteiger partial charge is 0.488 e. The van der Waals surface area contributed by atoms with Crippen LogP contribution in [0.2, 0.25) is 0 Å². The van der Waals surface area contributed by atoms with Gasteiger partial charge >= 0.3 is 0 Å². The van der Waals surface area contributed by atoms with E-state index in [0.717, 1.165) is 37.1 Å². The van der Waals surface area contributed by atoms with Crippen molar-refractivity contribution in [1.82, 2.24) is 14.9 Å². The molecule has 1 aliphatic heterocycles. The highest BCUT2D eigenvalue weighted by Gasteiger charge is 2.25. The normalized spacial score (nSPS) is 16.0. The van der Waals surface area contributed by atoms with Crippen LogP contribution in [0.1, 0.15) is 28.9 Å². The number of rotatable bonds is 9. The number of Topliss-reactive ketones (excluding diaryl/α,β-unsaturated/α-hetero) is 1. The standard InChI is InChI=1S/C27H28N4O4/c32-25(15-22-5-3-21(17-29-22)20-2-1-9-28-16-20)19-4-8-26(35-23-6-7-23)24(14-19)30-27(33)18-31-10-12-34-13-11-31/h1-5,8-9,14,16-17,23H,6-7,10-13,15,18H2,(H,30,33). The Morgan fingerprint density at radius 3 is 2.60 bits per heavy atom. The van der Waals surface area contributed by atoms with Gasteiger partial charge in [0, 0.05) is 54.1 Å². The molecule has 1 saturated heterocycles. The van der Waals surface area contributed by atoms with Crippen LogP contribution in [0, 0.1) is 0 Å². The summed E-state index contributed by atoms with van der Waals surface area (Å²) in [6.07, 6.45) is 7.60. The van der Waals surface area contributed by atoms with Crippen LogP contribution in [0.25, 0.3) is 11.1 Å². The molecule has 8 nitrogen and oxygen atoms in total. The van der Waals surface area contributed by atoms with Crippen LogP contribution in [0.3, 0.4) is 0 Å². The summed E-state index contributed by atoms with van der Waals surface area (Å²) < 4.78 is 11.3. The van der Waals surface area contributed by atoms with E-state index in [4.69, 9.17) is 9.47 Å². The van der Waals surface area contributed by atoms with Crippen LogP contribution in [-0.4, -0.2) is 65.5 Å². The molecule has 0 radical (unpaired) electrons. The van der Waals surface area contributed by atoms with E-state index in [0.29, 0.717) is 35.9 Å². The Labute approximate surface area is 204 Å². The van der Waals surface area contributed by atoms with Crippen LogP contribution in [0.5, 0.6) is 5.75 Å². The first-order valence-corrected chi connectivity index (χ1v) is 11.9.